The fourth-order valence-corrected chi connectivity index (χ4v) is 1.27. The van der Waals surface area contributed by atoms with Crippen LogP contribution >= 0.6 is 0 Å². The molecular formula is C11H14FNO3. The SMILES string of the molecule is CC(N)(Cc1ccc(OCF)cc1)C(=O)O. The van der Waals surface area contributed by atoms with Crippen LogP contribution in [0, 0.1) is 0 Å². The quantitative estimate of drug-likeness (QED) is 0.796. The van der Waals surface area contributed by atoms with Crippen LogP contribution in [-0.4, -0.2) is 23.5 Å². The number of rotatable bonds is 5. The predicted molar refractivity (Wildman–Crippen MR) is 57.0 cm³/mol. The van der Waals surface area contributed by atoms with Gasteiger partial charge in [0.1, 0.15) is 11.3 Å². The lowest BCUT2D eigenvalue weighted by molar-refractivity contribution is -0.142. The third kappa shape index (κ3) is 3.20. The van der Waals surface area contributed by atoms with E-state index >= 15 is 0 Å². The Bertz CT molecular complexity index is 362. The number of aliphatic carboxylic acids is 1. The van der Waals surface area contributed by atoms with Crippen LogP contribution in [0.3, 0.4) is 0 Å². The van der Waals surface area contributed by atoms with Gasteiger partial charge in [-0.05, 0) is 24.6 Å². The van der Waals surface area contributed by atoms with Crippen LogP contribution < -0.4 is 10.5 Å². The van der Waals surface area contributed by atoms with Gasteiger partial charge >= 0.3 is 5.97 Å². The summed E-state index contributed by atoms with van der Waals surface area (Å²) >= 11 is 0. The fraction of sp³-hybridized carbons (Fsp3) is 0.364. The molecule has 0 heterocycles. The topological polar surface area (TPSA) is 72.5 Å². The summed E-state index contributed by atoms with van der Waals surface area (Å²) in [5.74, 6) is -0.656. The standard InChI is InChI=1S/C11H14FNO3/c1-11(13,10(14)15)6-8-2-4-9(5-3-8)16-7-12/h2-5H,6-7,13H2,1H3,(H,14,15). The molecule has 0 aliphatic carbocycles. The normalized spacial score (nSPS) is 14.2. The summed E-state index contributed by atoms with van der Waals surface area (Å²) in [4.78, 5) is 10.8. The first-order chi connectivity index (χ1) is 7.45. The molecule has 0 bridgehead atoms. The van der Waals surface area contributed by atoms with Gasteiger partial charge < -0.3 is 15.6 Å². The number of nitrogens with two attached hydrogens (primary N) is 1. The van der Waals surface area contributed by atoms with Crippen molar-refractivity contribution in [3.8, 4) is 5.75 Å². The second-order valence-electron chi connectivity index (χ2n) is 3.80. The highest BCUT2D eigenvalue weighted by Crippen LogP contribution is 2.16. The Hall–Kier alpha value is -1.62. The lowest BCUT2D eigenvalue weighted by Crippen LogP contribution is -2.46. The van der Waals surface area contributed by atoms with Gasteiger partial charge in [0.2, 0.25) is 6.86 Å². The molecule has 0 saturated carbocycles. The zero-order valence-corrected chi connectivity index (χ0v) is 8.94. The highest BCUT2D eigenvalue weighted by atomic mass is 19.1. The maximum Gasteiger partial charge on any atom is 0.323 e. The Morgan fingerprint density at radius 2 is 2.06 bits per heavy atom. The van der Waals surface area contributed by atoms with E-state index in [9.17, 15) is 9.18 Å². The molecule has 0 amide bonds. The number of carbonyl (C=O) groups is 1. The molecule has 0 radical (unpaired) electrons. The van der Waals surface area contributed by atoms with Crippen molar-refractivity contribution in [2.75, 3.05) is 6.86 Å². The molecule has 5 heteroatoms. The van der Waals surface area contributed by atoms with Crippen molar-refractivity contribution in [2.24, 2.45) is 5.73 Å². The molecule has 0 saturated heterocycles. The first-order valence-corrected chi connectivity index (χ1v) is 4.75. The number of carboxylic acids is 1. The molecule has 16 heavy (non-hydrogen) atoms. The highest BCUT2D eigenvalue weighted by molar-refractivity contribution is 5.78. The van der Waals surface area contributed by atoms with Gasteiger partial charge in [-0.25, -0.2) is 4.39 Å². The zero-order valence-electron chi connectivity index (χ0n) is 8.94. The number of hydrogen-bond donors (Lipinski definition) is 2. The number of carboxylic acid groups (broad SMARTS) is 1. The number of benzene rings is 1. The lowest BCUT2D eigenvalue weighted by atomic mass is 9.94. The van der Waals surface area contributed by atoms with Crippen LogP contribution in [0.4, 0.5) is 4.39 Å². The van der Waals surface area contributed by atoms with Crippen molar-refractivity contribution in [1.29, 1.82) is 0 Å². The van der Waals surface area contributed by atoms with Crippen molar-refractivity contribution in [3.05, 3.63) is 29.8 Å². The van der Waals surface area contributed by atoms with Crippen molar-refractivity contribution >= 4 is 5.97 Å². The Morgan fingerprint density at radius 1 is 1.50 bits per heavy atom. The van der Waals surface area contributed by atoms with E-state index in [-0.39, 0.29) is 6.42 Å². The van der Waals surface area contributed by atoms with Crippen molar-refractivity contribution < 1.29 is 19.0 Å². The summed E-state index contributed by atoms with van der Waals surface area (Å²) in [7, 11) is 0. The number of halogens is 1. The minimum atomic E-state index is -1.30. The summed E-state index contributed by atoms with van der Waals surface area (Å²) < 4.78 is 16.5. The van der Waals surface area contributed by atoms with Crippen LogP contribution in [-0.2, 0) is 11.2 Å². The van der Waals surface area contributed by atoms with E-state index in [2.05, 4.69) is 4.74 Å². The molecule has 1 rings (SSSR count). The molecule has 0 spiro atoms. The maximum absolute atomic E-state index is 11.8. The summed E-state index contributed by atoms with van der Waals surface area (Å²) in [5.41, 5.74) is 5.06. The van der Waals surface area contributed by atoms with Crippen LogP contribution in [0.2, 0.25) is 0 Å². The smallest absolute Gasteiger partial charge is 0.323 e. The van der Waals surface area contributed by atoms with Gasteiger partial charge in [-0.1, -0.05) is 12.1 Å². The van der Waals surface area contributed by atoms with Gasteiger partial charge in [0.25, 0.3) is 0 Å². The fourth-order valence-electron chi connectivity index (χ4n) is 1.27. The van der Waals surface area contributed by atoms with Crippen molar-refractivity contribution in [1.82, 2.24) is 0 Å². The van der Waals surface area contributed by atoms with Crippen LogP contribution in [0.5, 0.6) is 5.75 Å². The molecule has 0 aliphatic rings. The molecule has 0 fully saturated rings. The zero-order chi connectivity index (χ0) is 12.2. The number of ether oxygens (including phenoxy) is 1. The molecule has 3 N–H and O–H groups in total. The van der Waals surface area contributed by atoms with Gasteiger partial charge in [0.15, 0.2) is 0 Å². The van der Waals surface area contributed by atoms with Crippen LogP contribution in [0.15, 0.2) is 24.3 Å². The third-order valence-electron chi connectivity index (χ3n) is 2.20. The Morgan fingerprint density at radius 3 is 2.50 bits per heavy atom. The van der Waals surface area contributed by atoms with E-state index in [4.69, 9.17) is 10.8 Å². The number of alkyl halides is 1. The average molecular weight is 227 g/mol. The average Bonchev–Trinajstić information content (AvgIpc) is 2.21. The van der Waals surface area contributed by atoms with Gasteiger partial charge in [0, 0.05) is 6.42 Å². The Labute approximate surface area is 92.8 Å². The largest absolute Gasteiger partial charge is 0.480 e. The minimum absolute atomic E-state index is 0.207. The van der Waals surface area contributed by atoms with Crippen LogP contribution in [0.1, 0.15) is 12.5 Å². The highest BCUT2D eigenvalue weighted by Gasteiger charge is 2.27. The first kappa shape index (κ1) is 12.4. The van der Waals surface area contributed by atoms with E-state index in [0.29, 0.717) is 5.75 Å². The monoisotopic (exact) mass is 227 g/mol. The molecule has 0 aliphatic heterocycles. The Kier molecular flexibility index (Phi) is 3.84. The Balaban J connectivity index is 2.72. The first-order valence-electron chi connectivity index (χ1n) is 4.75. The molecule has 1 unspecified atom stereocenters. The van der Waals surface area contributed by atoms with Gasteiger partial charge in [-0.2, -0.15) is 0 Å². The van der Waals surface area contributed by atoms with Gasteiger partial charge in [-0.15, -0.1) is 0 Å². The van der Waals surface area contributed by atoms with Gasteiger partial charge in [0.05, 0.1) is 0 Å². The second kappa shape index (κ2) is 4.94. The molecule has 88 valence electrons. The van der Waals surface area contributed by atoms with E-state index < -0.39 is 18.4 Å². The van der Waals surface area contributed by atoms with E-state index in [0.717, 1.165) is 5.56 Å². The van der Waals surface area contributed by atoms with Crippen LogP contribution in [0.25, 0.3) is 0 Å². The number of hydrogen-bond acceptors (Lipinski definition) is 3. The molecule has 0 aromatic heterocycles. The molecule has 1 aromatic carbocycles. The van der Waals surface area contributed by atoms with E-state index in [1.165, 1.54) is 6.92 Å². The van der Waals surface area contributed by atoms with Crippen molar-refractivity contribution in [3.63, 3.8) is 0 Å². The lowest BCUT2D eigenvalue weighted by Gasteiger charge is -2.19. The molecule has 1 aromatic rings. The van der Waals surface area contributed by atoms with E-state index in [1.807, 2.05) is 0 Å². The van der Waals surface area contributed by atoms with E-state index in [1.54, 1.807) is 24.3 Å². The maximum atomic E-state index is 11.8. The summed E-state index contributed by atoms with van der Waals surface area (Å²) in [6.07, 6.45) is 0.207. The molecule has 4 nitrogen and oxygen atoms in total. The predicted octanol–water partition coefficient (Wildman–Crippen LogP) is 1.34. The van der Waals surface area contributed by atoms with Crippen molar-refractivity contribution in [2.45, 2.75) is 18.9 Å². The summed E-state index contributed by atoms with van der Waals surface area (Å²) in [6.45, 7) is 0.560. The second-order valence-corrected chi connectivity index (χ2v) is 3.80. The molecular weight excluding hydrogens is 213 g/mol. The third-order valence-corrected chi connectivity index (χ3v) is 2.20. The van der Waals surface area contributed by atoms with Gasteiger partial charge in [-0.3, -0.25) is 4.79 Å². The summed E-state index contributed by atoms with van der Waals surface area (Å²) in [6, 6.07) is 6.48. The molecule has 1 atom stereocenters. The minimum Gasteiger partial charge on any atom is -0.480 e. The summed E-state index contributed by atoms with van der Waals surface area (Å²) in [5, 5.41) is 8.84.